The normalized spacial score (nSPS) is 18.4. The summed E-state index contributed by atoms with van der Waals surface area (Å²) in [6, 6.07) is 9.34. The number of rotatable bonds is 4. The molecule has 0 radical (unpaired) electrons. The van der Waals surface area contributed by atoms with Crippen molar-refractivity contribution in [2.24, 2.45) is 5.92 Å². The van der Waals surface area contributed by atoms with Crippen molar-refractivity contribution in [3.8, 4) is 0 Å². The van der Waals surface area contributed by atoms with E-state index in [4.69, 9.17) is 11.6 Å². The molecule has 2 N–H and O–H groups in total. The number of carbonyl (C=O) groups excluding carboxylic acids is 3. The summed E-state index contributed by atoms with van der Waals surface area (Å²) in [5.74, 6) is -2.06. The lowest BCUT2D eigenvalue weighted by Gasteiger charge is -2.21. The number of amides is 3. The van der Waals surface area contributed by atoms with E-state index in [1.807, 2.05) is 6.07 Å². The molecule has 0 aromatic heterocycles. The van der Waals surface area contributed by atoms with Crippen molar-refractivity contribution in [3.05, 3.63) is 63.9 Å². The van der Waals surface area contributed by atoms with E-state index in [0.29, 0.717) is 42.7 Å². The molecule has 2 heterocycles. The van der Waals surface area contributed by atoms with Gasteiger partial charge in [-0.25, -0.2) is 4.39 Å². The second kappa shape index (κ2) is 7.83. The van der Waals surface area contributed by atoms with Gasteiger partial charge in [-0.05, 0) is 60.4 Å². The fraction of sp³-hybridized carbons (Fsp3) is 0.286. The predicted molar refractivity (Wildman–Crippen MR) is 106 cm³/mol. The highest BCUT2D eigenvalue weighted by molar-refractivity contribution is 6.30. The van der Waals surface area contributed by atoms with Gasteiger partial charge in [0.25, 0.3) is 5.91 Å². The summed E-state index contributed by atoms with van der Waals surface area (Å²) in [6.45, 7) is 1.08. The maximum atomic E-state index is 13.4. The molecule has 1 saturated heterocycles. The van der Waals surface area contributed by atoms with Crippen LogP contribution in [0.5, 0.6) is 0 Å². The lowest BCUT2D eigenvalue weighted by atomic mass is 9.99. The Morgan fingerprint density at radius 1 is 1.24 bits per heavy atom. The van der Waals surface area contributed by atoms with Crippen LogP contribution in [0.2, 0.25) is 5.02 Å². The summed E-state index contributed by atoms with van der Waals surface area (Å²) in [7, 11) is 0. The molecular weight excluding hydrogens is 397 g/mol. The minimum atomic E-state index is -0.793. The molecule has 2 aromatic carbocycles. The first-order chi connectivity index (χ1) is 13.9. The molecule has 1 atom stereocenters. The van der Waals surface area contributed by atoms with Crippen LogP contribution in [-0.4, -0.2) is 30.8 Å². The van der Waals surface area contributed by atoms with E-state index in [-0.39, 0.29) is 23.4 Å². The number of hydrogen-bond donors (Lipinski definition) is 2. The third-order valence-electron chi connectivity index (χ3n) is 5.24. The van der Waals surface area contributed by atoms with Gasteiger partial charge in [-0.15, -0.1) is 0 Å². The molecule has 0 spiro atoms. The van der Waals surface area contributed by atoms with Crippen molar-refractivity contribution in [1.29, 1.82) is 0 Å². The van der Waals surface area contributed by atoms with Gasteiger partial charge >= 0.3 is 0 Å². The molecule has 0 saturated carbocycles. The van der Waals surface area contributed by atoms with Crippen LogP contribution in [0.3, 0.4) is 0 Å². The number of nitrogens with one attached hydrogen (secondary N) is 2. The van der Waals surface area contributed by atoms with Crippen LogP contribution < -0.4 is 15.5 Å². The molecule has 2 aliphatic heterocycles. The number of carbonyl (C=O) groups is 3. The molecule has 1 unspecified atom stereocenters. The number of halogens is 2. The highest BCUT2D eigenvalue weighted by Crippen LogP contribution is 2.28. The maximum Gasteiger partial charge on any atom is 0.251 e. The highest BCUT2D eigenvalue weighted by Gasteiger charge is 2.37. The van der Waals surface area contributed by atoms with Crippen LogP contribution in [0.1, 0.15) is 27.9 Å². The first-order valence-corrected chi connectivity index (χ1v) is 9.75. The largest absolute Gasteiger partial charge is 0.352 e. The quantitative estimate of drug-likeness (QED) is 0.753. The van der Waals surface area contributed by atoms with Gasteiger partial charge in [0.2, 0.25) is 11.8 Å². The van der Waals surface area contributed by atoms with Crippen LogP contribution in [0.15, 0.2) is 36.4 Å². The Labute approximate surface area is 172 Å². The lowest BCUT2D eigenvalue weighted by molar-refractivity contribution is -0.132. The van der Waals surface area contributed by atoms with Crippen molar-refractivity contribution >= 4 is 35.0 Å². The molecule has 4 rings (SSSR count). The molecule has 150 valence electrons. The molecular formula is C21H19ClFN3O3. The van der Waals surface area contributed by atoms with E-state index < -0.39 is 17.6 Å². The van der Waals surface area contributed by atoms with Crippen LogP contribution in [0, 0.1) is 11.7 Å². The van der Waals surface area contributed by atoms with E-state index >= 15 is 0 Å². The number of hydrogen-bond acceptors (Lipinski definition) is 3. The van der Waals surface area contributed by atoms with Gasteiger partial charge in [-0.2, -0.15) is 0 Å². The van der Waals surface area contributed by atoms with Crippen molar-refractivity contribution in [2.75, 3.05) is 18.0 Å². The van der Waals surface area contributed by atoms with Gasteiger partial charge in [0, 0.05) is 35.9 Å². The summed E-state index contributed by atoms with van der Waals surface area (Å²) in [5, 5.41) is 5.73. The zero-order chi connectivity index (χ0) is 20.5. The summed E-state index contributed by atoms with van der Waals surface area (Å²) < 4.78 is 13.4. The van der Waals surface area contributed by atoms with Crippen LogP contribution in [-0.2, 0) is 22.6 Å². The molecule has 6 nitrogen and oxygen atoms in total. The highest BCUT2D eigenvalue weighted by atomic mass is 35.5. The molecule has 2 aliphatic rings. The molecule has 0 bridgehead atoms. The third-order valence-corrected chi connectivity index (χ3v) is 5.45. The second-order valence-electron chi connectivity index (χ2n) is 7.17. The van der Waals surface area contributed by atoms with Gasteiger partial charge in [0.05, 0.1) is 0 Å². The molecule has 2 aromatic rings. The Balaban J connectivity index is 1.43. The average molecular weight is 416 g/mol. The Morgan fingerprint density at radius 3 is 2.86 bits per heavy atom. The fourth-order valence-corrected chi connectivity index (χ4v) is 4.03. The zero-order valence-corrected chi connectivity index (χ0v) is 16.3. The first kappa shape index (κ1) is 19.4. The van der Waals surface area contributed by atoms with E-state index in [0.717, 1.165) is 5.56 Å². The molecule has 8 heteroatoms. The number of fused-ring (bicyclic) bond motifs is 1. The van der Waals surface area contributed by atoms with Crippen LogP contribution in [0.25, 0.3) is 0 Å². The lowest BCUT2D eigenvalue weighted by Crippen LogP contribution is -2.37. The van der Waals surface area contributed by atoms with E-state index in [2.05, 4.69) is 10.6 Å². The van der Waals surface area contributed by atoms with Gasteiger partial charge < -0.3 is 15.5 Å². The van der Waals surface area contributed by atoms with Gasteiger partial charge in [-0.1, -0.05) is 11.6 Å². The third kappa shape index (κ3) is 3.96. The Hall–Kier alpha value is -2.93. The summed E-state index contributed by atoms with van der Waals surface area (Å²) >= 11 is 5.82. The minimum Gasteiger partial charge on any atom is -0.352 e. The van der Waals surface area contributed by atoms with Gasteiger partial charge in [-0.3, -0.25) is 14.4 Å². The zero-order valence-electron chi connectivity index (χ0n) is 15.5. The van der Waals surface area contributed by atoms with E-state index in [1.165, 1.54) is 12.1 Å². The predicted octanol–water partition coefficient (Wildman–Crippen LogP) is 2.43. The van der Waals surface area contributed by atoms with Crippen molar-refractivity contribution in [1.82, 2.24) is 10.6 Å². The molecule has 29 heavy (non-hydrogen) atoms. The SMILES string of the molecule is O=C1NCCc2cc(N3CCC(C(=O)NCc4cc(F)cc(Cl)c4)C3=O)ccc21. The molecule has 0 aliphatic carbocycles. The number of anilines is 1. The minimum absolute atomic E-state index is 0.0913. The van der Waals surface area contributed by atoms with E-state index in [9.17, 15) is 18.8 Å². The summed E-state index contributed by atoms with van der Waals surface area (Å²) in [4.78, 5) is 38.8. The number of benzene rings is 2. The van der Waals surface area contributed by atoms with Gasteiger partial charge in [0.15, 0.2) is 0 Å². The second-order valence-corrected chi connectivity index (χ2v) is 7.61. The Kier molecular flexibility index (Phi) is 5.24. The maximum absolute atomic E-state index is 13.4. The monoisotopic (exact) mass is 415 g/mol. The smallest absolute Gasteiger partial charge is 0.251 e. The van der Waals surface area contributed by atoms with Crippen molar-refractivity contribution in [2.45, 2.75) is 19.4 Å². The first-order valence-electron chi connectivity index (χ1n) is 9.37. The number of nitrogens with zero attached hydrogens (tertiary/aromatic N) is 1. The van der Waals surface area contributed by atoms with Crippen LogP contribution in [0.4, 0.5) is 10.1 Å². The standard InChI is InChI=1S/C21H19ClFN3O3/c22-14-7-12(8-15(23)10-14)11-25-20(28)18-4-6-26(21(18)29)16-1-2-17-13(9-16)3-5-24-19(17)27/h1-2,7-10,18H,3-6,11H2,(H,24,27)(H,25,28). The Morgan fingerprint density at radius 2 is 2.07 bits per heavy atom. The van der Waals surface area contributed by atoms with E-state index in [1.54, 1.807) is 23.1 Å². The van der Waals surface area contributed by atoms with Crippen molar-refractivity contribution < 1.29 is 18.8 Å². The average Bonchev–Trinajstić information content (AvgIpc) is 3.07. The topological polar surface area (TPSA) is 78.5 Å². The van der Waals surface area contributed by atoms with Crippen molar-refractivity contribution in [3.63, 3.8) is 0 Å². The molecule has 1 fully saturated rings. The van der Waals surface area contributed by atoms with Crippen LogP contribution >= 0.6 is 11.6 Å². The fourth-order valence-electron chi connectivity index (χ4n) is 3.79. The summed E-state index contributed by atoms with van der Waals surface area (Å²) in [6.07, 6.45) is 1.10. The summed E-state index contributed by atoms with van der Waals surface area (Å²) in [5.41, 5.74) is 2.74. The Bertz CT molecular complexity index is 990. The van der Waals surface area contributed by atoms with Gasteiger partial charge in [0.1, 0.15) is 11.7 Å². The molecule has 3 amide bonds.